The summed E-state index contributed by atoms with van der Waals surface area (Å²) in [5, 5.41) is 0. The van der Waals surface area contributed by atoms with Gasteiger partial charge >= 0.3 is 20.2 Å². The Morgan fingerprint density at radius 1 is 0.719 bits per heavy atom. The van der Waals surface area contributed by atoms with Crippen LogP contribution < -0.4 is 8.37 Å². The standard InChI is InChI=1S/C22H19IO7S2/c1-14-4-8-17(9-5-14)31(25,26)29-21-13-22(20(23)12-19(21)16(3)24)30-32(27,28)18-10-6-15(2)7-11-18/h4-13H,1-3H3. The van der Waals surface area contributed by atoms with Crippen molar-refractivity contribution in [2.24, 2.45) is 0 Å². The van der Waals surface area contributed by atoms with E-state index in [1.807, 2.05) is 13.8 Å². The van der Waals surface area contributed by atoms with E-state index in [1.54, 1.807) is 46.9 Å². The van der Waals surface area contributed by atoms with Crippen molar-refractivity contribution >= 4 is 48.6 Å². The van der Waals surface area contributed by atoms with E-state index in [0.29, 0.717) is 3.57 Å². The summed E-state index contributed by atoms with van der Waals surface area (Å²) >= 11 is 1.81. The fraction of sp³-hybridized carbons (Fsp3) is 0.136. The fourth-order valence-electron chi connectivity index (χ4n) is 2.69. The van der Waals surface area contributed by atoms with Crippen LogP contribution in [-0.4, -0.2) is 22.6 Å². The first kappa shape index (κ1) is 24.2. The molecule has 0 radical (unpaired) electrons. The molecular weight excluding hydrogens is 567 g/mol. The van der Waals surface area contributed by atoms with Gasteiger partial charge in [0.2, 0.25) is 0 Å². The number of carbonyl (C=O) groups is 1. The van der Waals surface area contributed by atoms with Crippen molar-refractivity contribution in [2.45, 2.75) is 30.6 Å². The van der Waals surface area contributed by atoms with Crippen LogP contribution in [0.25, 0.3) is 0 Å². The molecule has 168 valence electrons. The van der Waals surface area contributed by atoms with Gasteiger partial charge in [0.25, 0.3) is 0 Å². The Labute approximate surface area is 200 Å². The quantitative estimate of drug-likeness (QED) is 0.226. The molecule has 0 unspecified atom stereocenters. The van der Waals surface area contributed by atoms with Gasteiger partial charge in [-0.3, -0.25) is 4.79 Å². The first-order valence-corrected chi connectivity index (χ1v) is 13.2. The van der Waals surface area contributed by atoms with Crippen molar-refractivity contribution in [3.05, 3.63) is 80.9 Å². The highest BCUT2D eigenvalue weighted by atomic mass is 127. The minimum Gasteiger partial charge on any atom is -0.378 e. The number of hydrogen-bond donors (Lipinski definition) is 0. The largest absolute Gasteiger partial charge is 0.378 e. The third kappa shape index (κ3) is 5.48. The number of Topliss-reactive ketones (excluding diaryl/α,β-unsaturated/α-hetero) is 1. The van der Waals surface area contributed by atoms with Crippen molar-refractivity contribution in [1.82, 2.24) is 0 Å². The van der Waals surface area contributed by atoms with E-state index in [9.17, 15) is 21.6 Å². The zero-order chi connectivity index (χ0) is 23.7. The molecule has 0 saturated carbocycles. The lowest BCUT2D eigenvalue weighted by Crippen LogP contribution is -2.14. The number of benzene rings is 3. The van der Waals surface area contributed by atoms with Gasteiger partial charge in [-0.05, 0) is 73.7 Å². The van der Waals surface area contributed by atoms with Crippen molar-refractivity contribution < 1.29 is 30.0 Å². The summed E-state index contributed by atoms with van der Waals surface area (Å²) in [4.78, 5) is 11.9. The van der Waals surface area contributed by atoms with Gasteiger partial charge in [-0.1, -0.05) is 35.4 Å². The van der Waals surface area contributed by atoms with Crippen molar-refractivity contribution in [2.75, 3.05) is 0 Å². The van der Waals surface area contributed by atoms with E-state index in [1.165, 1.54) is 37.3 Å². The van der Waals surface area contributed by atoms with Gasteiger partial charge in [0.1, 0.15) is 9.79 Å². The summed E-state index contributed by atoms with van der Waals surface area (Å²) in [6, 6.07) is 14.5. The Hall–Kier alpha value is -2.44. The van der Waals surface area contributed by atoms with Gasteiger partial charge in [0, 0.05) is 6.07 Å². The lowest BCUT2D eigenvalue weighted by molar-refractivity contribution is 0.101. The maximum atomic E-state index is 12.7. The minimum atomic E-state index is -4.28. The predicted molar refractivity (Wildman–Crippen MR) is 127 cm³/mol. The highest BCUT2D eigenvalue weighted by molar-refractivity contribution is 14.1. The summed E-state index contributed by atoms with van der Waals surface area (Å²) in [5.41, 5.74) is 1.71. The van der Waals surface area contributed by atoms with E-state index < -0.39 is 26.0 Å². The van der Waals surface area contributed by atoms with E-state index in [0.717, 1.165) is 17.2 Å². The van der Waals surface area contributed by atoms with Crippen LogP contribution in [0.3, 0.4) is 0 Å². The smallest absolute Gasteiger partial charge is 0.339 e. The van der Waals surface area contributed by atoms with Crippen LogP contribution in [0.1, 0.15) is 28.4 Å². The molecule has 10 heteroatoms. The molecule has 3 aromatic carbocycles. The van der Waals surface area contributed by atoms with Gasteiger partial charge in [-0.2, -0.15) is 16.8 Å². The molecule has 0 spiro atoms. The van der Waals surface area contributed by atoms with Gasteiger partial charge in [-0.15, -0.1) is 0 Å². The Kier molecular flexibility index (Phi) is 6.96. The van der Waals surface area contributed by atoms with Crippen LogP contribution in [0.5, 0.6) is 11.5 Å². The molecule has 0 saturated heterocycles. The predicted octanol–water partition coefficient (Wildman–Crippen LogP) is 4.65. The number of carbonyl (C=O) groups excluding carboxylic acids is 1. The number of aryl methyl sites for hydroxylation is 2. The third-order valence-corrected chi connectivity index (χ3v) is 7.77. The summed E-state index contributed by atoms with van der Waals surface area (Å²) in [5.74, 6) is -0.942. The van der Waals surface area contributed by atoms with E-state index in [4.69, 9.17) is 8.37 Å². The SMILES string of the molecule is CC(=O)c1cc(I)c(OS(=O)(=O)c2ccc(C)cc2)cc1OS(=O)(=O)c1ccc(C)cc1. The van der Waals surface area contributed by atoms with Gasteiger partial charge in [-0.25, -0.2) is 0 Å². The molecular formula is C22H19IO7S2. The topological polar surface area (TPSA) is 104 Å². The summed E-state index contributed by atoms with van der Waals surface area (Å²) in [7, 11) is -8.47. The highest BCUT2D eigenvalue weighted by Gasteiger charge is 2.24. The molecule has 0 aromatic heterocycles. The summed E-state index contributed by atoms with van der Waals surface area (Å²) in [6.07, 6.45) is 0. The fourth-order valence-corrected chi connectivity index (χ4v) is 5.29. The molecule has 0 aliphatic carbocycles. The van der Waals surface area contributed by atoms with Crippen LogP contribution >= 0.6 is 22.6 Å². The number of hydrogen-bond acceptors (Lipinski definition) is 7. The zero-order valence-electron chi connectivity index (χ0n) is 17.3. The first-order chi connectivity index (χ1) is 14.9. The Bertz CT molecular complexity index is 1380. The Morgan fingerprint density at radius 3 is 1.53 bits per heavy atom. The number of ketones is 1. The number of rotatable bonds is 7. The molecule has 0 N–H and O–H groups in total. The third-order valence-electron chi connectivity index (χ3n) is 4.43. The average molecular weight is 586 g/mol. The van der Waals surface area contributed by atoms with Gasteiger partial charge in [0.15, 0.2) is 17.3 Å². The molecule has 3 rings (SSSR count). The van der Waals surface area contributed by atoms with Crippen molar-refractivity contribution in [3.8, 4) is 11.5 Å². The molecule has 0 atom stereocenters. The van der Waals surface area contributed by atoms with E-state index in [-0.39, 0.29) is 26.9 Å². The van der Waals surface area contributed by atoms with Crippen LogP contribution in [0.2, 0.25) is 0 Å². The second-order valence-electron chi connectivity index (χ2n) is 7.04. The van der Waals surface area contributed by atoms with Crippen molar-refractivity contribution in [1.29, 1.82) is 0 Å². The van der Waals surface area contributed by atoms with Crippen LogP contribution in [0.4, 0.5) is 0 Å². The minimum absolute atomic E-state index is 0.0230. The van der Waals surface area contributed by atoms with Crippen LogP contribution in [0, 0.1) is 17.4 Å². The summed E-state index contributed by atoms with van der Waals surface area (Å²) in [6.45, 7) is 4.88. The molecule has 0 fully saturated rings. The van der Waals surface area contributed by atoms with Crippen LogP contribution in [0.15, 0.2) is 70.5 Å². The van der Waals surface area contributed by atoms with E-state index in [2.05, 4.69) is 0 Å². The average Bonchev–Trinajstić information content (AvgIpc) is 2.70. The molecule has 32 heavy (non-hydrogen) atoms. The maximum absolute atomic E-state index is 12.7. The second kappa shape index (κ2) is 9.20. The lowest BCUT2D eigenvalue weighted by Gasteiger charge is -2.14. The first-order valence-electron chi connectivity index (χ1n) is 9.26. The molecule has 7 nitrogen and oxygen atoms in total. The van der Waals surface area contributed by atoms with Gasteiger partial charge < -0.3 is 8.37 Å². The maximum Gasteiger partial charge on any atom is 0.339 e. The monoisotopic (exact) mass is 586 g/mol. The zero-order valence-corrected chi connectivity index (χ0v) is 21.1. The highest BCUT2D eigenvalue weighted by Crippen LogP contribution is 2.34. The Morgan fingerprint density at radius 2 is 1.12 bits per heavy atom. The molecule has 0 bridgehead atoms. The second-order valence-corrected chi connectivity index (χ2v) is 11.3. The van der Waals surface area contributed by atoms with E-state index >= 15 is 0 Å². The molecule has 3 aromatic rings. The summed E-state index contributed by atoms with van der Waals surface area (Å²) < 4.78 is 61.6. The number of halogens is 1. The van der Waals surface area contributed by atoms with Crippen molar-refractivity contribution in [3.63, 3.8) is 0 Å². The molecule has 0 heterocycles. The van der Waals surface area contributed by atoms with Gasteiger partial charge in [0.05, 0.1) is 9.13 Å². The van der Waals surface area contributed by atoms with Crippen LogP contribution in [-0.2, 0) is 20.2 Å². The lowest BCUT2D eigenvalue weighted by atomic mass is 10.1. The Balaban J connectivity index is 2.03. The molecule has 0 aliphatic rings. The molecule has 0 amide bonds. The normalized spacial score (nSPS) is 11.8. The molecule has 0 aliphatic heterocycles.